The topological polar surface area (TPSA) is 49.6 Å². The highest BCUT2D eigenvalue weighted by atomic mass is 35.5. The zero-order chi connectivity index (χ0) is 13.4. The summed E-state index contributed by atoms with van der Waals surface area (Å²) in [5.41, 5.74) is 7.71. The van der Waals surface area contributed by atoms with E-state index in [0.29, 0.717) is 24.9 Å². The first-order valence-corrected chi connectivity index (χ1v) is 7.10. The van der Waals surface area contributed by atoms with E-state index in [4.69, 9.17) is 17.3 Å². The number of halogens is 1. The van der Waals surface area contributed by atoms with E-state index in [-0.39, 0.29) is 0 Å². The van der Waals surface area contributed by atoms with Gasteiger partial charge in [-0.15, -0.1) is 0 Å². The molecule has 0 spiro atoms. The molecule has 1 aromatic rings. The van der Waals surface area contributed by atoms with Gasteiger partial charge in [0.15, 0.2) is 0 Å². The van der Waals surface area contributed by atoms with E-state index in [1.165, 1.54) is 0 Å². The monoisotopic (exact) mass is 279 g/mol. The molecule has 2 heterocycles. The number of hydrogen-bond acceptors (Lipinski definition) is 3. The van der Waals surface area contributed by atoms with Gasteiger partial charge in [-0.1, -0.05) is 17.7 Å². The van der Waals surface area contributed by atoms with Crippen LogP contribution >= 0.6 is 11.6 Å². The largest absolute Gasteiger partial charge is 0.366 e. The fourth-order valence-electron chi connectivity index (χ4n) is 3.02. The lowest BCUT2D eigenvalue weighted by atomic mass is 10.1. The Morgan fingerprint density at radius 3 is 2.95 bits per heavy atom. The van der Waals surface area contributed by atoms with Crippen LogP contribution in [0.3, 0.4) is 0 Å². The molecule has 1 unspecified atom stereocenters. The van der Waals surface area contributed by atoms with Gasteiger partial charge in [0.05, 0.1) is 10.7 Å². The predicted molar refractivity (Wildman–Crippen MR) is 76.3 cm³/mol. The molecule has 0 bridgehead atoms. The van der Waals surface area contributed by atoms with E-state index in [1.807, 2.05) is 23.1 Å². The molecule has 4 nitrogen and oxygen atoms in total. The maximum atomic E-state index is 11.7. The normalized spacial score (nSPS) is 22.8. The zero-order valence-corrected chi connectivity index (χ0v) is 11.6. The molecule has 2 aliphatic heterocycles. The van der Waals surface area contributed by atoms with Gasteiger partial charge in [-0.2, -0.15) is 0 Å². The van der Waals surface area contributed by atoms with E-state index in [2.05, 4.69) is 4.90 Å². The van der Waals surface area contributed by atoms with E-state index >= 15 is 0 Å². The Balaban J connectivity index is 1.79. The Kier molecular flexibility index (Phi) is 3.37. The van der Waals surface area contributed by atoms with Gasteiger partial charge >= 0.3 is 0 Å². The molecular formula is C14H18ClN3O. The Hall–Kier alpha value is -1.26. The van der Waals surface area contributed by atoms with Crippen molar-refractivity contribution in [3.63, 3.8) is 0 Å². The molecule has 0 saturated carbocycles. The number of piperazine rings is 1. The number of fused-ring (bicyclic) bond motifs is 1. The number of carbonyl (C=O) groups is 1. The van der Waals surface area contributed by atoms with Crippen molar-refractivity contribution in [2.75, 3.05) is 24.5 Å². The molecule has 2 N–H and O–H groups in total. The molecule has 1 amide bonds. The highest BCUT2D eigenvalue weighted by Crippen LogP contribution is 2.31. The third-order valence-corrected chi connectivity index (χ3v) is 4.39. The Bertz CT molecular complexity index is 505. The first-order chi connectivity index (χ1) is 9.19. The number of amides is 1. The third-order valence-electron chi connectivity index (χ3n) is 4.08. The van der Waals surface area contributed by atoms with Crippen LogP contribution < -0.4 is 10.6 Å². The molecular weight excluding hydrogens is 262 g/mol. The highest BCUT2D eigenvalue weighted by Gasteiger charge is 2.35. The van der Waals surface area contributed by atoms with Gasteiger partial charge in [-0.3, -0.25) is 4.79 Å². The Morgan fingerprint density at radius 2 is 2.21 bits per heavy atom. The molecule has 2 saturated heterocycles. The van der Waals surface area contributed by atoms with Crippen molar-refractivity contribution >= 4 is 23.2 Å². The number of nitrogens with two attached hydrogens (primary N) is 1. The summed E-state index contributed by atoms with van der Waals surface area (Å²) >= 11 is 6.34. The number of carbonyl (C=O) groups excluding carboxylic acids is 1. The van der Waals surface area contributed by atoms with Gasteiger partial charge < -0.3 is 15.5 Å². The summed E-state index contributed by atoms with van der Waals surface area (Å²) in [5, 5.41) is 0.751. The van der Waals surface area contributed by atoms with Crippen LogP contribution in [0.15, 0.2) is 18.2 Å². The molecule has 2 fully saturated rings. The van der Waals surface area contributed by atoms with Crippen LogP contribution in [0.4, 0.5) is 5.69 Å². The minimum Gasteiger partial charge on any atom is -0.366 e. The quantitative estimate of drug-likeness (QED) is 0.895. The van der Waals surface area contributed by atoms with E-state index < -0.39 is 0 Å². The number of benzene rings is 1. The fraction of sp³-hybridized carbons (Fsp3) is 0.500. The summed E-state index contributed by atoms with van der Waals surface area (Å²) in [6.45, 7) is 3.04. The molecule has 5 heteroatoms. The number of hydrogen-bond donors (Lipinski definition) is 1. The molecule has 0 radical (unpaired) electrons. The van der Waals surface area contributed by atoms with Crippen molar-refractivity contribution in [3.05, 3.63) is 28.8 Å². The summed E-state index contributed by atoms with van der Waals surface area (Å²) in [5.74, 6) is 0.300. The van der Waals surface area contributed by atoms with Crippen LogP contribution in [0, 0.1) is 0 Å². The van der Waals surface area contributed by atoms with Crippen LogP contribution in [0.5, 0.6) is 0 Å². The standard InChI is InChI=1S/C14H18ClN3O/c15-12-7-10(8-16)1-3-13(12)17-5-6-18-11(9-17)2-4-14(18)19/h1,3,7,11H,2,4-6,8-9,16H2. The first kappa shape index (κ1) is 12.8. The smallest absolute Gasteiger partial charge is 0.223 e. The molecule has 1 atom stereocenters. The highest BCUT2D eigenvalue weighted by molar-refractivity contribution is 6.33. The van der Waals surface area contributed by atoms with Crippen molar-refractivity contribution in [2.45, 2.75) is 25.4 Å². The van der Waals surface area contributed by atoms with Crippen LogP contribution in [-0.2, 0) is 11.3 Å². The lowest BCUT2D eigenvalue weighted by Crippen LogP contribution is -2.51. The van der Waals surface area contributed by atoms with Crippen LogP contribution in [-0.4, -0.2) is 36.5 Å². The maximum absolute atomic E-state index is 11.7. The molecule has 102 valence electrons. The molecule has 0 aromatic heterocycles. The number of rotatable bonds is 2. The minimum absolute atomic E-state index is 0.300. The summed E-state index contributed by atoms with van der Waals surface area (Å²) in [7, 11) is 0. The lowest BCUT2D eigenvalue weighted by Gasteiger charge is -2.39. The summed E-state index contributed by atoms with van der Waals surface area (Å²) in [4.78, 5) is 16.0. The van der Waals surface area contributed by atoms with Gasteiger partial charge in [0.1, 0.15) is 0 Å². The van der Waals surface area contributed by atoms with E-state index in [1.54, 1.807) is 0 Å². The van der Waals surface area contributed by atoms with Crippen molar-refractivity contribution in [1.29, 1.82) is 0 Å². The fourth-order valence-corrected chi connectivity index (χ4v) is 3.34. The average Bonchev–Trinajstić information content (AvgIpc) is 2.79. The SMILES string of the molecule is NCc1ccc(N2CCN3C(=O)CCC3C2)c(Cl)c1. The number of anilines is 1. The third kappa shape index (κ3) is 2.30. The molecule has 19 heavy (non-hydrogen) atoms. The molecule has 0 aliphatic carbocycles. The second kappa shape index (κ2) is 5.02. The van der Waals surface area contributed by atoms with Crippen molar-refractivity contribution < 1.29 is 4.79 Å². The summed E-state index contributed by atoms with van der Waals surface area (Å²) in [6, 6.07) is 6.35. The van der Waals surface area contributed by atoms with Crippen molar-refractivity contribution in [2.24, 2.45) is 5.73 Å². The van der Waals surface area contributed by atoms with Crippen LogP contribution in [0.2, 0.25) is 5.02 Å². The first-order valence-electron chi connectivity index (χ1n) is 6.72. The Morgan fingerprint density at radius 1 is 1.37 bits per heavy atom. The van der Waals surface area contributed by atoms with Gasteiger partial charge in [0, 0.05) is 38.6 Å². The van der Waals surface area contributed by atoms with Gasteiger partial charge in [0.25, 0.3) is 0 Å². The summed E-state index contributed by atoms with van der Waals surface area (Å²) < 4.78 is 0. The maximum Gasteiger partial charge on any atom is 0.223 e. The van der Waals surface area contributed by atoms with E-state index in [0.717, 1.165) is 42.3 Å². The van der Waals surface area contributed by atoms with Crippen LogP contribution in [0.25, 0.3) is 0 Å². The van der Waals surface area contributed by atoms with Crippen LogP contribution in [0.1, 0.15) is 18.4 Å². The minimum atomic E-state index is 0.300. The molecule has 1 aromatic carbocycles. The zero-order valence-electron chi connectivity index (χ0n) is 10.8. The van der Waals surface area contributed by atoms with Gasteiger partial charge in [-0.25, -0.2) is 0 Å². The van der Waals surface area contributed by atoms with E-state index in [9.17, 15) is 4.79 Å². The van der Waals surface area contributed by atoms with Gasteiger partial charge in [-0.05, 0) is 24.1 Å². The van der Waals surface area contributed by atoms with Crippen molar-refractivity contribution in [1.82, 2.24) is 4.90 Å². The molecule has 3 rings (SSSR count). The second-order valence-corrected chi connectivity index (χ2v) is 5.62. The van der Waals surface area contributed by atoms with Crippen molar-refractivity contribution in [3.8, 4) is 0 Å². The molecule has 2 aliphatic rings. The Labute approximate surface area is 118 Å². The predicted octanol–water partition coefficient (Wildman–Crippen LogP) is 1.61. The number of nitrogens with zero attached hydrogens (tertiary/aromatic N) is 2. The lowest BCUT2D eigenvalue weighted by molar-refractivity contribution is -0.129. The average molecular weight is 280 g/mol. The van der Waals surface area contributed by atoms with Gasteiger partial charge in [0.2, 0.25) is 5.91 Å². The second-order valence-electron chi connectivity index (χ2n) is 5.22. The summed E-state index contributed by atoms with van der Waals surface area (Å²) in [6.07, 6.45) is 1.66.